The maximum absolute atomic E-state index is 5.91. The van der Waals surface area contributed by atoms with Crippen molar-refractivity contribution in [3.05, 3.63) is 41.7 Å². The molecule has 0 bridgehead atoms. The minimum absolute atomic E-state index is 0.0424. The van der Waals surface area contributed by atoms with E-state index in [9.17, 15) is 0 Å². The Morgan fingerprint density at radius 3 is 3.08 bits per heavy atom. The molecule has 0 amide bonds. The third-order valence-electron chi connectivity index (χ3n) is 1.87. The van der Waals surface area contributed by atoms with Crippen molar-refractivity contribution in [1.29, 1.82) is 0 Å². The summed E-state index contributed by atoms with van der Waals surface area (Å²) in [7, 11) is 0. The predicted molar refractivity (Wildman–Crippen MR) is 55.6 cm³/mol. The molecule has 1 heterocycles. The summed E-state index contributed by atoms with van der Waals surface area (Å²) in [5.74, 6) is 0. The number of aromatic nitrogens is 1. The molecule has 1 aromatic rings. The van der Waals surface area contributed by atoms with E-state index in [1.54, 1.807) is 6.20 Å². The lowest BCUT2D eigenvalue weighted by atomic mass is 10.1. The fourth-order valence-corrected chi connectivity index (χ4v) is 1.39. The standard InChI is InChI=1S/C10H13ClN2/c1-2-3-6-9(12)8-5-4-7-13-10(8)11/h2,4-5,7,9H,1,3,6,12H2/t9-/m0/s1. The number of halogens is 1. The Morgan fingerprint density at radius 2 is 2.46 bits per heavy atom. The van der Waals surface area contributed by atoms with Gasteiger partial charge in [0.25, 0.3) is 0 Å². The molecule has 13 heavy (non-hydrogen) atoms. The van der Waals surface area contributed by atoms with Crippen LogP contribution in [-0.2, 0) is 0 Å². The lowest BCUT2D eigenvalue weighted by Crippen LogP contribution is -2.10. The Labute approximate surface area is 83.4 Å². The van der Waals surface area contributed by atoms with Crippen molar-refractivity contribution >= 4 is 11.6 Å². The Bertz CT molecular complexity index is 286. The van der Waals surface area contributed by atoms with E-state index in [0.717, 1.165) is 18.4 Å². The van der Waals surface area contributed by atoms with Gasteiger partial charge in [-0.3, -0.25) is 0 Å². The maximum atomic E-state index is 5.91. The van der Waals surface area contributed by atoms with Crippen LogP contribution in [-0.4, -0.2) is 4.98 Å². The van der Waals surface area contributed by atoms with Crippen LogP contribution in [0.1, 0.15) is 24.4 Å². The average molecular weight is 197 g/mol. The highest BCUT2D eigenvalue weighted by atomic mass is 35.5. The van der Waals surface area contributed by atoms with Gasteiger partial charge in [0, 0.05) is 17.8 Å². The van der Waals surface area contributed by atoms with Gasteiger partial charge >= 0.3 is 0 Å². The van der Waals surface area contributed by atoms with Gasteiger partial charge in [-0.15, -0.1) is 6.58 Å². The lowest BCUT2D eigenvalue weighted by Gasteiger charge is -2.11. The summed E-state index contributed by atoms with van der Waals surface area (Å²) in [6, 6.07) is 3.71. The molecule has 0 aliphatic heterocycles. The molecular formula is C10H13ClN2. The number of hydrogen-bond donors (Lipinski definition) is 1. The molecule has 1 atom stereocenters. The van der Waals surface area contributed by atoms with Crippen LogP contribution in [0.15, 0.2) is 31.0 Å². The van der Waals surface area contributed by atoms with Crippen LogP contribution in [0.5, 0.6) is 0 Å². The van der Waals surface area contributed by atoms with Gasteiger partial charge < -0.3 is 5.73 Å². The van der Waals surface area contributed by atoms with E-state index >= 15 is 0 Å². The van der Waals surface area contributed by atoms with E-state index in [0.29, 0.717) is 5.15 Å². The first kappa shape index (κ1) is 10.2. The van der Waals surface area contributed by atoms with Crippen molar-refractivity contribution in [1.82, 2.24) is 4.98 Å². The number of allylic oxidation sites excluding steroid dienone is 1. The molecule has 0 aliphatic carbocycles. The first-order valence-electron chi connectivity index (χ1n) is 4.22. The smallest absolute Gasteiger partial charge is 0.133 e. The molecule has 0 fully saturated rings. The second kappa shape index (κ2) is 5.00. The molecule has 1 rings (SSSR count). The van der Waals surface area contributed by atoms with Crippen molar-refractivity contribution in [2.45, 2.75) is 18.9 Å². The monoisotopic (exact) mass is 196 g/mol. The van der Waals surface area contributed by atoms with Gasteiger partial charge in [-0.05, 0) is 18.9 Å². The van der Waals surface area contributed by atoms with Crippen molar-refractivity contribution in [3.63, 3.8) is 0 Å². The lowest BCUT2D eigenvalue weighted by molar-refractivity contribution is 0.659. The number of rotatable bonds is 4. The van der Waals surface area contributed by atoms with Gasteiger partial charge in [0.1, 0.15) is 5.15 Å². The molecule has 0 unspecified atom stereocenters. The topological polar surface area (TPSA) is 38.9 Å². The third-order valence-corrected chi connectivity index (χ3v) is 2.19. The van der Waals surface area contributed by atoms with Gasteiger partial charge in [-0.25, -0.2) is 4.98 Å². The second-order valence-corrected chi connectivity index (χ2v) is 3.21. The first-order chi connectivity index (χ1) is 6.25. The molecule has 0 aliphatic rings. The predicted octanol–water partition coefficient (Wildman–Crippen LogP) is 2.70. The molecule has 0 saturated heterocycles. The summed E-state index contributed by atoms with van der Waals surface area (Å²) in [6.45, 7) is 3.64. The summed E-state index contributed by atoms with van der Waals surface area (Å²) in [5.41, 5.74) is 6.82. The number of nitrogens with zero attached hydrogens (tertiary/aromatic N) is 1. The average Bonchev–Trinajstić information content (AvgIpc) is 2.15. The third kappa shape index (κ3) is 2.83. The molecule has 0 aromatic carbocycles. The summed E-state index contributed by atoms with van der Waals surface area (Å²) >= 11 is 5.88. The highest BCUT2D eigenvalue weighted by molar-refractivity contribution is 6.30. The zero-order valence-electron chi connectivity index (χ0n) is 7.41. The number of hydrogen-bond acceptors (Lipinski definition) is 2. The summed E-state index contributed by atoms with van der Waals surface area (Å²) < 4.78 is 0. The molecular weight excluding hydrogens is 184 g/mol. The van der Waals surface area contributed by atoms with Crippen LogP contribution in [0.4, 0.5) is 0 Å². The highest BCUT2D eigenvalue weighted by Gasteiger charge is 2.08. The molecule has 2 nitrogen and oxygen atoms in total. The highest BCUT2D eigenvalue weighted by Crippen LogP contribution is 2.21. The molecule has 0 spiro atoms. The van der Waals surface area contributed by atoms with Crippen molar-refractivity contribution in [2.75, 3.05) is 0 Å². The van der Waals surface area contributed by atoms with Crippen LogP contribution >= 0.6 is 11.6 Å². The van der Waals surface area contributed by atoms with Gasteiger partial charge in [0.05, 0.1) is 0 Å². The van der Waals surface area contributed by atoms with E-state index in [2.05, 4.69) is 11.6 Å². The Morgan fingerprint density at radius 1 is 1.69 bits per heavy atom. The quantitative estimate of drug-likeness (QED) is 0.594. The Balaban J connectivity index is 2.70. The SMILES string of the molecule is C=CCC[C@H](N)c1cccnc1Cl. The summed E-state index contributed by atoms with van der Waals surface area (Å²) in [4.78, 5) is 3.97. The molecule has 0 saturated carbocycles. The Kier molecular flexibility index (Phi) is 3.93. The first-order valence-corrected chi connectivity index (χ1v) is 4.60. The minimum Gasteiger partial charge on any atom is -0.324 e. The van der Waals surface area contributed by atoms with E-state index in [-0.39, 0.29) is 6.04 Å². The van der Waals surface area contributed by atoms with Crippen molar-refractivity contribution in [2.24, 2.45) is 5.73 Å². The Hall–Kier alpha value is -0.860. The molecule has 2 N–H and O–H groups in total. The van der Waals surface area contributed by atoms with Crippen molar-refractivity contribution < 1.29 is 0 Å². The molecule has 1 aromatic heterocycles. The number of nitrogens with two attached hydrogens (primary N) is 1. The van der Waals surface area contributed by atoms with Crippen LogP contribution < -0.4 is 5.73 Å². The summed E-state index contributed by atoms with van der Waals surface area (Å²) in [5, 5.41) is 0.499. The van der Waals surface area contributed by atoms with E-state index in [1.807, 2.05) is 18.2 Å². The second-order valence-electron chi connectivity index (χ2n) is 2.86. The van der Waals surface area contributed by atoms with Gasteiger partial charge in [0.2, 0.25) is 0 Å². The van der Waals surface area contributed by atoms with E-state index < -0.39 is 0 Å². The van der Waals surface area contributed by atoms with Gasteiger partial charge in [-0.2, -0.15) is 0 Å². The normalized spacial score (nSPS) is 12.5. The van der Waals surface area contributed by atoms with Gasteiger partial charge in [0.15, 0.2) is 0 Å². The van der Waals surface area contributed by atoms with Gasteiger partial charge in [-0.1, -0.05) is 23.7 Å². The van der Waals surface area contributed by atoms with Crippen molar-refractivity contribution in [3.8, 4) is 0 Å². The van der Waals surface area contributed by atoms with Crippen LogP contribution in [0.25, 0.3) is 0 Å². The fourth-order valence-electron chi connectivity index (χ4n) is 1.13. The molecule has 70 valence electrons. The molecule has 0 radical (unpaired) electrons. The molecule has 3 heteroatoms. The maximum Gasteiger partial charge on any atom is 0.133 e. The van der Waals surface area contributed by atoms with Crippen LogP contribution in [0.2, 0.25) is 5.15 Å². The zero-order chi connectivity index (χ0) is 9.68. The van der Waals surface area contributed by atoms with Crippen LogP contribution in [0, 0.1) is 0 Å². The zero-order valence-corrected chi connectivity index (χ0v) is 8.17. The summed E-state index contributed by atoms with van der Waals surface area (Å²) in [6.07, 6.45) is 5.26. The van der Waals surface area contributed by atoms with E-state index in [1.165, 1.54) is 0 Å². The number of pyridine rings is 1. The minimum atomic E-state index is -0.0424. The fraction of sp³-hybridized carbons (Fsp3) is 0.300. The largest absolute Gasteiger partial charge is 0.324 e. The van der Waals surface area contributed by atoms with Crippen LogP contribution in [0.3, 0.4) is 0 Å². The van der Waals surface area contributed by atoms with E-state index in [4.69, 9.17) is 17.3 Å².